The molecule has 19 heavy (non-hydrogen) atoms. The van der Waals surface area contributed by atoms with Gasteiger partial charge in [0.05, 0.1) is 0 Å². The maximum atomic E-state index is 5.76. The minimum Gasteiger partial charge on any atom is -0.492 e. The van der Waals surface area contributed by atoms with Gasteiger partial charge in [-0.3, -0.25) is 0 Å². The third-order valence-corrected chi connectivity index (χ3v) is 3.41. The van der Waals surface area contributed by atoms with Gasteiger partial charge in [-0.25, -0.2) is 0 Å². The molecule has 0 saturated heterocycles. The number of nitrogens with zero attached hydrogens (tertiary/aromatic N) is 1. The summed E-state index contributed by atoms with van der Waals surface area (Å²) in [6.45, 7) is 9.06. The molecule has 0 spiro atoms. The predicted octanol–water partition coefficient (Wildman–Crippen LogP) is 2.69. The third-order valence-electron chi connectivity index (χ3n) is 3.41. The molecule has 0 aromatic heterocycles. The Labute approximate surface area is 117 Å². The fourth-order valence-electron chi connectivity index (χ4n) is 2.06. The van der Waals surface area contributed by atoms with Crippen LogP contribution in [0.1, 0.15) is 32.3 Å². The molecule has 3 heteroatoms. The summed E-state index contributed by atoms with van der Waals surface area (Å²) in [5, 5.41) is 0. The van der Waals surface area contributed by atoms with E-state index >= 15 is 0 Å². The highest BCUT2D eigenvalue weighted by molar-refractivity contribution is 5.27. The first-order valence-corrected chi connectivity index (χ1v) is 7.44. The first-order valence-electron chi connectivity index (χ1n) is 7.44. The van der Waals surface area contributed by atoms with Crippen molar-refractivity contribution in [2.75, 3.05) is 32.8 Å². The van der Waals surface area contributed by atoms with Crippen molar-refractivity contribution in [1.29, 1.82) is 0 Å². The van der Waals surface area contributed by atoms with Crippen LogP contribution in [0.5, 0.6) is 5.75 Å². The summed E-state index contributed by atoms with van der Waals surface area (Å²) in [5.74, 6) is 0.967. The number of ether oxygens (including phenoxy) is 1. The average molecular weight is 264 g/mol. The normalized spacial score (nSPS) is 10.9. The lowest BCUT2D eigenvalue weighted by molar-refractivity contribution is 0.223. The van der Waals surface area contributed by atoms with Crippen molar-refractivity contribution < 1.29 is 4.74 Å². The quantitative estimate of drug-likeness (QED) is 0.660. The highest BCUT2D eigenvalue weighted by Gasteiger charge is 2.00. The van der Waals surface area contributed by atoms with Gasteiger partial charge in [0, 0.05) is 6.54 Å². The number of benzene rings is 1. The van der Waals surface area contributed by atoms with Gasteiger partial charge in [0.15, 0.2) is 0 Å². The van der Waals surface area contributed by atoms with Crippen LogP contribution in [0, 0.1) is 0 Å². The van der Waals surface area contributed by atoms with Gasteiger partial charge in [-0.05, 0) is 56.6 Å². The van der Waals surface area contributed by atoms with E-state index in [4.69, 9.17) is 10.5 Å². The van der Waals surface area contributed by atoms with E-state index in [-0.39, 0.29) is 0 Å². The van der Waals surface area contributed by atoms with Crippen LogP contribution in [0.15, 0.2) is 24.3 Å². The number of hydrogen-bond acceptors (Lipinski definition) is 3. The zero-order valence-electron chi connectivity index (χ0n) is 12.4. The molecule has 1 rings (SSSR count). The minimum absolute atomic E-state index is 0.758. The summed E-state index contributed by atoms with van der Waals surface area (Å²) in [5.41, 5.74) is 6.86. The smallest absolute Gasteiger partial charge is 0.119 e. The molecule has 2 N–H and O–H groups in total. The van der Waals surface area contributed by atoms with Crippen LogP contribution in [-0.4, -0.2) is 37.7 Å². The number of hydrogen-bond donors (Lipinski definition) is 1. The van der Waals surface area contributed by atoms with Crippen LogP contribution >= 0.6 is 0 Å². The molecule has 0 aliphatic rings. The first kappa shape index (κ1) is 16.0. The van der Waals surface area contributed by atoms with E-state index in [0.717, 1.165) is 51.4 Å². The summed E-state index contributed by atoms with van der Waals surface area (Å²) < 4.78 is 5.76. The largest absolute Gasteiger partial charge is 0.492 e. The molecule has 0 aliphatic carbocycles. The summed E-state index contributed by atoms with van der Waals surface area (Å²) in [6.07, 6.45) is 3.37. The molecule has 0 aliphatic heterocycles. The van der Waals surface area contributed by atoms with E-state index in [1.54, 1.807) is 0 Å². The molecule has 0 atom stereocenters. The van der Waals surface area contributed by atoms with Crippen LogP contribution in [-0.2, 0) is 6.42 Å². The fraction of sp³-hybridized carbons (Fsp3) is 0.625. The summed E-state index contributed by atoms with van der Waals surface area (Å²) in [6, 6.07) is 8.45. The topological polar surface area (TPSA) is 38.5 Å². The van der Waals surface area contributed by atoms with Crippen molar-refractivity contribution in [3.63, 3.8) is 0 Å². The third kappa shape index (κ3) is 6.60. The number of likely N-dealkylation sites (N-methyl/N-ethyl adjacent to an activating group) is 1. The summed E-state index contributed by atoms with van der Waals surface area (Å²) in [7, 11) is 0. The second kappa shape index (κ2) is 9.82. The van der Waals surface area contributed by atoms with E-state index in [9.17, 15) is 0 Å². The number of nitrogens with two attached hydrogens (primary N) is 1. The summed E-state index contributed by atoms with van der Waals surface area (Å²) >= 11 is 0. The summed E-state index contributed by atoms with van der Waals surface area (Å²) in [4.78, 5) is 2.36. The van der Waals surface area contributed by atoms with E-state index in [2.05, 4.69) is 43.0 Å². The molecule has 0 saturated carbocycles. The molecule has 0 radical (unpaired) electrons. The van der Waals surface area contributed by atoms with Gasteiger partial charge < -0.3 is 15.4 Å². The van der Waals surface area contributed by atoms with Gasteiger partial charge in [0.1, 0.15) is 12.4 Å². The van der Waals surface area contributed by atoms with Crippen LogP contribution in [0.3, 0.4) is 0 Å². The minimum atomic E-state index is 0.758. The van der Waals surface area contributed by atoms with Gasteiger partial charge in [-0.15, -0.1) is 0 Å². The Balaban J connectivity index is 2.27. The molecule has 0 bridgehead atoms. The lowest BCUT2D eigenvalue weighted by Gasteiger charge is -2.18. The van der Waals surface area contributed by atoms with Gasteiger partial charge in [-0.2, -0.15) is 0 Å². The van der Waals surface area contributed by atoms with Crippen molar-refractivity contribution in [1.82, 2.24) is 4.90 Å². The molecule has 108 valence electrons. The SMILES string of the molecule is CCN(CC)CCOc1ccc(CCCCN)cc1. The second-order valence-electron chi connectivity index (χ2n) is 4.77. The van der Waals surface area contributed by atoms with E-state index in [1.807, 2.05) is 0 Å². The molecule has 3 nitrogen and oxygen atoms in total. The van der Waals surface area contributed by atoms with E-state index in [1.165, 1.54) is 12.0 Å². The molecular formula is C16H28N2O. The maximum Gasteiger partial charge on any atom is 0.119 e. The average Bonchev–Trinajstić information content (AvgIpc) is 2.45. The lowest BCUT2D eigenvalue weighted by Crippen LogP contribution is -2.27. The van der Waals surface area contributed by atoms with Crippen molar-refractivity contribution in [2.24, 2.45) is 5.73 Å². The number of aryl methyl sites for hydroxylation is 1. The zero-order valence-corrected chi connectivity index (χ0v) is 12.4. The van der Waals surface area contributed by atoms with Gasteiger partial charge >= 0.3 is 0 Å². The van der Waals surface area contributed by atoms with Crippen LogP contribution in [0.4, 0.5) is 0 Å². The number of rotatable bonds is 10. The zero-order chi connectivity index (χ0) is 13.9. The fourth-order valence-corrected chi connectivity index (χ4v) is 2.06. The standard InChI is InChI=1S/C16H28N2O/c1-3-18(4-2)13-14-19-16-10-8-15(9-11-16)7-5-6-12-17/h8-11H,3-7,12-14,17H2,1-2H3. The Kier molecular flexibility index (Phi) is 8.26. The van der Waals surface area contributed by atoms with Crippen molar-refractivity contribution in [3.05, 3.63) is 29.8 Å². The van der Waals surface area contributed by atoms with Gasteiger partial charge in [0.2, 0.25) is 0 Å². The van der Waals surface area contributed by atoms with Crippen molar-refractivity contribution >= 4 is 0 Å². The first-order chi connectivity index (χ1) is 9.30. The van der Waals surface area contributed by atoms with Crippen LogP contribution in [0.2, 0.25) is 0 Å². The van der Waals surface area contributed by atoms with Crippen molar-refractivity contribution in [2.45, 2.75) is 33.1 Å². The highest BCUT2D eigenvalue weighted by Crippen LogP contribution is 2.13. The van der Waals surface area contributed by atoms with Crippen molar-refractivity contribution in [3.8, 4) is 5.75 Å². The Morgan fingerprint density at radius 3 is 2.32 bits per heavy atom. The molecule has 0 heterocycles. The molecule has 0 unspecified atom stereocenters. The Bertz CT molecular complexity index is 320. The lowest BCUT2D eigenvalue weighted by atomic mass is 10.1. The maximum absolute atomic E-state index is 5.76. The van der Waals surface area contributed by atoms with Crippen LogP contribution < -0.4 is 10.5 Å². The highest BCUT2D eigenvalue weighted by atomic mass is 16.5. The monoisotopic (exact) mass is 264 g/mol. The van der Waals surface area contributed by atoms with E-state index in [0.29, 0.717) is 0 Å². The molecule has 0 amide bonds. The van der Waals surface area contributed by atoms with E-state index < -0.39 is 0 Å². The van der Waals surface area contributed by atoms with Gasteiger partial charge in [-0.1, -0.05) is 26.0 Å². The second-order valence-corrected chi connectivity index (χ2v) is 4.77. The molecule has 1 aromatic rings. The Morgan fingerprint density at radius 2 is 1.74 bits per heavy atom. The molecular weight excluding hydrogens is 236 g/mol. The Hall–Kier alpha value is -1.06. The number of unbranched alkanes of at least 4 members (excludes halogenated alkanes) is 1. The van der Waals surface area contributed by atoms with Gasteiger partial charge in [0.25, 0.3) is 0 Å². The molecule has 1 aromatic carbocycles. The predicted molar refractivity (Wildman–Crippen MR) is 81.7 cm³/mol. The van der Waals surface area contributed by atoms with Crippen LogP contribution in [0.25, 0.3) is 0 Å². The molecule has 0 fully saturated rings. The Morgan fingerprint density at radius 1 is 1.05 bits per heavy atom.